The summed E-state index contributed by atoms with van der Waals surface area (Å²) in [7, 11) is 0. The maximum atomic E-state index is 10.7. The number of carbonyl (C=O) groups is 1. The Bertz CT molecular complexity index is 356. The molecule has 1 saturated heterocycles. The molecule has 1 aromatic rings. The van der Waals surface area contributed by atoms with Crippen LogP contribution in [0.2, 0.25) is 0 Å². The molecule has 2 rings (SSSR count). The third-order valence-electron chi connectivity index (χ3n) is 2.96. The van der Waals surface area contributed by atoms with Gasteiger partial charge in [-0.2, -0.15) is 0 Å². The summed E-state index contributed by atoms with van der Waals surface area (Å²) in [5.74, 6) is -0.459. The second-order valence-electron chi connectivity index (χ2n) is 4.17. The SMILES string of the molecule is O=C(O)CC1CCNC(c2cncnc2)C1. The largest absolute Gasteiger partial charge is 0.481 e. The van der Waals surface area contributed by atoms with Crippen molar-refractivity contribution < 1.29 is 9.90 Å². The molecular weight excluding hydrogens is 206 g/mol. The highest BCUT2D eigenvalue weighted by molar-refractivity contribution is 5.67. The van der Waals surface area contributed by atoms with Crippen LogP contribution >= 0.6 is 0 Å². The average Bonchev–Trinajstić information content (AvgIpc) is 2.30. The highest BCUT2D eigenvalue weighted by Crippen LogP contribution is 2.28. The first-order valence-corrected chi connectivity index (χ1v) is 5.46. The lowest BCUT2D eigenvalue weighted by Gasteiger charge is -2.29. The topological polar surface area (TPSA) is 75.1 Å². The van der Waals surface area contributed by atoms with Gasteiger partial charge in [0.25, 0.3) is 0 Å². The molecule has 0 radical (unpaired) electrons. The van der Waals surface area contributed by atoms with Crippen molar-refractivity contribution in [3.05, 3.63) is 24.3 Å². The Balaban J connectivity index is 1.99. The van der Waals surface area contributed by atoms with Crippen molar-refractivity contribution in [1.82, 2.24) is 15.3 Å². The highest BCUT2D eigenvalue weighted by Gasteiger charge is 2.24. The molecule has 2 unspecified atom stereocenters. The van der Waals surface area contributed by atoms with Crippen molar-refractivity contribution >= 4 is 5.97 Å². The Morgan fingerprint density at radius 2 is 2.25 bits per heavy atom. The molecule has 2 atom stereocenters. The summed E-state index contributed by atoms with van der Waals surface area (Å²) in [6.45, 7) is 0.859. The van der Waals surface area contributed by atoms with Crippen LogP contribution in [0.3, 0.4) is 0 Å². The first-order chi connectivity index (χ1) is 7.75. The molecular formula is C11H15N3O2. The molecule has 1 aliphatic heterocycles. The molecule has 1 fully saturated rings. The van der Waals surface area contributed by atoms with Gasteiger partial charge in [-0.25, -0.2) is 9.97 Å². The highest BCUT2D eigenvalue weighted by atomic mass is 16.4. The van der Waals surface area contributed by atoms with E-state index in [1.807, 2.05) is 0 Å². The molecule has 1 aliphatic rings. The number of carboxylic acids is 1. The standard InChI is InChI=1S/C11H15N3O2/c15-11(16)4-8-1-2-14-10(3-8)9-5-12-7-13-6-9/h5-8,10,14H,1-4H2,(H,15,16). The van der Waals surface area contributed by atoms with E-state index in [1.165, 1.54) is 6.33 Å². The molecule has 0 aromatic carbocycles. The molecule has 2 heterocycles. The van der Waals surface area contributed by atoms with Crippen molar-refractivity contribution in [3.8, 4) is 0 Å². The lowest BCUT2D eigenvalue weighted by molar-refractivity contribution is -0.138. The lowest BCUT2D eigenvalue weighted by atomic mass is 9.87. The quantitative estimate of drug-likeness (QED) is 0.796. The molecule has 86 valence electrons. The minimum atomic E-state index is -0.713. The van der Waals surface area contributed by atoms with Crippen LogP contribution in [0.1, 0.15) is 30.9 Å². The second kappa shape index (κ2) is 5.03. The predicted octanol–water partition coefficient (Wildman–Crippen LogP) is 0.992. The van der Waals surface area contributed by atoms with Crippen LogP contribution in [0.25, 0.3) is 0 Å². The van der Waals surface area contributed by atoms with Crippen LogP contribution in [-0.4, -0.2) is 27.6 Å². The summed E-state index contributed by atoms with van der Waals surface area (Å²) in [4.78, 5) is 18.6. The Kier molecular flexibility index (Phi) is 3.46. The number of piperidine rings is 1. The maximum Gasteiger partial charge on any atom is 0.303 e. The van der Waals surface area contributed by atoms with Crippen molar-refractivity contribution in [2.24, 2.45) is 5.92 Å². The average molecular weight is 221 g/mol. The van der Waals surface area contributed by atoms with Gasteiger partial charge in [0.05, 0.1) is 0 Å². The van der Waals surface area contributed by atoms with Gasteiger partial charge < -0.3 is 10.4 Å². The minimum absolute atomic E-state index is 0.194. The van der Waals surface area contributed by atoms with Crippen molar-refractivity contribution in [2.75, 3.05) is 6.54 Å². The van der Waals surface area contributed by atoms with Crippen LogP contribution in [0, 0.1) is 5.92 Å². The molecule has 2 N–H and O–H groups in total. The Morgan fingerprint density at radius 1 is 1.50 bits per heavy atom. The van der Waals surface area contributed by atoms with Crippen LogP contribution in [0.5, 0.6) is 0 Å². The number of aliphatic carboxylic acids is 1. The Morgan fingerprint density at radius 3 is 2.94 bits per heavy atom. The van der Waals surface area contributed by atoms with E-state index in [0.717, 1.165) is 24.9 Å². The van der Waals surface area contributed by atoms with E-state index in [4.69, 9.17) is 5.11 Å². The van der Waals surface area contributed by atoms with Crippen molar-refractivity contribution in [1.29, 1.82) is 0 Å². The van der Waals surface area contributed by atoms with Gasteiger partial charge in [0.15, 0.2) is 0 Å². The Hall–Kier alpha value is -1.49. The first-order valence-electron chi connectivity index (χ1n) is 5.46. The summed E-state index contributed by atoms with van der Waals surface area (Å²) in [6.07, 6.45) is 7.10. The van der Waals surface area contributed by atoms with Gasteiger partial charge in [0, 0.05) is 30.4 Å². The van der Waals surface area contributed by atoms with Gasteiger partial charge in [-0.15, -0.1) is 0 Å². The zero-order valence-electron chi connectivity index (χ0n) is 8.97. The van der Waals surface area contributed by atoms with E-state index in [0.29, 0.717) is 0 Å². The van der Waals surface area contributed by atoms with Crippen LogP contribution in [0.15, 0.2) is 18.7 Å². The zero-order valence-corrected chi connectivity index (χ0v) is 8.97. The monoisotopic (exact) mass is 221 g/mol. The molecule has 5 nitrogen and oxygen atoms in total. The number of nitrogens with zero attached hydrogens (tertiary/aromatic N) is 2. The molecule has 0 saturated carbocycles. The summed E-state index contributed by atoms with van der Waals surface area (Å²) in [5.41, 5.74) is 1.04. The van der Waals surface area contributed by atoms with Gasteiger partial charge in [0.1, 0.15) is 6.33 Å². The van der Waals surface area contributed by atoms with Crippen molar-refractivity contribution in [2.45, 2.75) is 25.3 Å². The summed E-state index contributed by atoms with van der Waals surface area (Å²) >= 11 is 0. The fourth-order valence-electron chi connectivity index (χ4n) is 2.17. The third kappa shape index (κ3) is 2.76. The summed E-state index contributed by atoms with van der Waals surface area (Å²) in [6, 6.07) is 0.194. The van der Waals surface area contributed by atoms with Crippen LogP contribution in [0.4, 0.5) is 0 Å². The number of nitrogens with one attached hydrogen (secondary N) is 1. The van der Waals surface area contributed by atoms with Gasteiger partial charge in [-0.05, 0) is 25.3 Å². The predicted molar refractivity (Wildman–Crippen MR) is 57.8 cm³/mol. The fourth-order valence-corrected chi connectivity index (χ4v) is 2.17. The van der Waals surface area contributed by atoms with E-state index < -0.39 is 5.97 Å². The fraction of sp³-hybridized carbons (Fsp3) is 0.545. The van der Waals surface area contributed by atoms with E-state index in [9.17, 15) is 4.79 Å². The molecule has 16 heavy (non-hydrogen) atoms. The normalized spacial score (nSPS) is 25.2. The van der Waals surface area contributed by atoms with Crippen LogP contribution < -0.4 is 5.32 Å². The molecule has 0 aliphatic carbocycles. The van der Waals surface area contributed by atoms with Gasteiger partial charge in [0.2, 0.25) is 0 Å². The lowest BCUT2D eigenvalue weighted by Crippen LogP contribution is -2.32. The number of carboxylic acid groups (broad SMARTS) is 1. The zero-order chi connectivity index (χ0) is 11.4. The molecule has 0 spiro atoms. The van der Waals surface area contributed by atoms with Gasteiger partial charge >= 0.3 is 5.97 Å². The third-order valence-corrected chi connectivity index (χ3v) is 2.96. The number of hydrogen-bond acceptors (Lipinski definition) is 4. The van der Waals surface area contributed by atoms with E-state index >= 15 is 0 Å². The second-order valence-corrected chi connectivity index (χ2v) is 4.17. The summed E-state index contributed by atoms with van der Waals surface area (Å²) < 4.78 is 0. The molecule has 0 amide bonds. The Labute approximate surface area is 93.9 Å². The number of rotatable bonds is 3. The van der Waals surface area contributed by atoms with Crippen LogP contribution in [-0.2, 0) is 4.79 Å². The molecule has 0 bridgehead atoms. The molecule has 5 heteroatoms. The first kappa shape index (κ1) is 11.0. The number of aromatic nitrogens is 2. The van der Waals surface area contributed by atoms with Gasteiger partial charge in [-0.3, -0.25) is 4.79 Å². The molecule has 1 aromatic heterocycles. The van der Waals surface area contributed by atoms with Gasteiger partial charge in [-0.1, -0.05) is 0 Å². The summed E-state index contributed by atoms with van der Waals surface area (Å²) in [5, 5.41) is 12.1. The smallest absolute Gasteiger partial charge is 0.303 e. The maximum absolute atomic E-state index is 10.7. The van der Waals surface area contributed by atoms with E-state index in [2.05, 4.69) is 15.3 Å². The van der Waals surface area contributed by atoms with E-state index in [-0.39, 0.29) is 18.4 Å². The van der Waals surface area contributed by atoms with E-state index in [1.54, 1.807) is 12.4 Å². The number of hydrogen-bond donors (Lipinski definition) is 2. The minimum Gasteiger partial charge on any atom is -0.481 e. The van der Waals surface area contributed by atoms with Crippen molar-refractivity contribution in [3.63, 3.8) is 0 Å².